The number of nitrogens with one attached hydrogen (secondary N) is 2. The maximum Gasteiger partial charge on any atom is 0.227 e. The Morgan fingerprint density at radius 2 is 2.21 bits per heavy atom. The number of likely N-dealkylation sites (tertiary alicyclic amines) is 1. The quantitative estimate of drug-likeness (QED) is 0.795. The average Bonchev–Trinajstić information content (AvgIpc) is 3.37. The Kier molecular flexibility index (Phi) is 5.73. The van der Waals surface area contributed by atoms with Crippen molar-refractivity contribution in [1.82, 2.24) is 25.7 Å². The van der Waals surface area contributed by atoms with E-state index < -0.39 is 0 Å². The highest BCUT2D eigenvalue weighted by Crippen LogP contribution is 2.31. The zero-order valence-electron chi connectivity index (χ0n) is 16.8. The molecule has 2 aliphatic heterocycles. The summed E-state index contributed by atoms with van der Waals surface area (Å²) in [5.74, 6) is 0.556. The summed E-state index contributed by atoms with van der Waals surface area (Å²) in [5, 5.41) is 0. The minimum atomic E-state index is -0.310. The predicted octanol–water partition coefficient (Wildman–Crippen LogP) is 1.48. The molecular formula is C21H27FN6O. The third-order valence-electron chi connectivity index (χ3n) is 5.75. The highest BCUT2D eigenvalue weighted by Gasteiger charge is 2.42. The van der Waals surface area contributed by atoms with Gasteiger partial charge in [0, 0.05) is 45.3 Å². The van der Waals surface area contributed by atoms with Crippen LogP contribution in [0.1, 0.15) is 30.0 Å². The average molecular weight is 398 g/mol. The summed E-state index contributed by atoms with van der Waals surface area (Å²) in [6, 6.07) is 8.38. The van der Waals surface area contributed by atoms with Crippen molar-refractivity contribution < 1.29 is 9.18 Å². The molecule has 2 aliphatic rings. The van der Waals surface area contributed by atoms with Crippen molar-refractivity contribution >= 4 is 11.9 Å². The van der Waals surface area contributed by atoms with Crippen LogP contribution in [0, 0.1) is 5.82 Å². The lowest BCUT2D eigenvalue weighted by molar-refractivity contribution is -0.131. The second-order valence-electron chi connectivity index (χ2n) is 7.94. The van der Waals surface area contributed by atoms with E-state index in [1.54, 1.807) is 18.3 Å². The first-order valence-corrected chi connectivity index (χ1v) is 10.1. The number of carbonyl (C=O) groups is 1. The number of hydrazine groups is 1. The van der Waals surface area contributed by atoms with Gasteiger partial charge in [0.1, 0.15) is 5.82 Å². The van der Waals surface area contributed by atoms with Crippen LogP contribution in [0.4, 0.5) is 10.3 Å². The first-order chi connectivity index (χ1) is 14.0. The highest BCUT2D eigenvalue weighted by atomic mass is 19.1. The standard InChI is InChI=1S/C21H27FN6O/c1-27(2)21-23-9-8-17(25-21)16-13-24-26-20(16)18-7-4-10-28(18)19(29)12-14-5-3-6-15(22)11-14/h3,5-6,8-9,11,16,18,20,24,26H,4,7,10,12-13H2,1-2H3. The number of aromatic nitrogens is 2. The molecule has 1 aromatic carbocycles. The molecule has 7 nitrogen and oxygen atoms in total. The van der Waals surface area contributed by atoms with Crippen molar-refractivity contribution in [2.24, 2.45) is 0 Å². The fourth-order valence-corrected chi connectivity index (χ4v) is 4.35. The number of rotatable bonds is 5. The summed E-state index contributed by atoms with van der Waals surface area (Å²) >= 11 is 0. The van der Waals surface area contributed by atoms with Crippen molar-refractivity contribution in [3.05, 3.63) is 53.6 Å². The molecule has 2 fully saturated rings. The van der Waals surface area contributed by atoms with Crippen molar-refractivity contribution in [2.75, 3.05) is 32.1 Å². The van der Waals surface area contributed by atoms with Crippen LogP contribution in [0.15, 0.2) is 36.5 Å². The number of hydrogen-bond acceptors (Lipinski definition) is 6. The Morgan fingerprint density at radius 1 is 1.34 bits per heavy atom. The molecule has 3 unspecified atom stereocenters. The van der Waals surface area contributed by atoms with Gasteiger partial charge in [-0.2, -0.15) is 0 Å². The maximum atomic E-state index is 13.5. The molecule has 0 saturated carbocycles. The van der Waals surface area contributed by atoms with Gasteiger partial charge < -0.3 is 9.80 Å². The van der Waals surface area contributed by atoms with E-state index in [9.17, 15) is 9.18 Å². The van der Waals surface area contributed by atoms with Crippen LogP contribution in [-0.2, 0) is 11.2 Å². The molecule has 0 aliphatic carbocycles. The molecular weight excluding hydrogens is 371 g/mol. The lowest BCUT2D eigenvalue weighted by Crippen LogP contribution is -2.50. The number of hydrogen-bond donors (Lipinski definition) is 2. The molecule has 1 amide bonds. The van der Waals surface area contributed by atoms with Crippen LogP contribution in [0.25, 0.3) is 0 Å². The summed E-state index contributed by atoms with van der Waals surface area (Å²) in [7, 11) is 3.84. The molecule has 3 heterocycles. The lowest BCUT2D eigenvalue weighted by atomic mass is 9.90. The number of carbonyl (C=O) groups excluding carboxylic acids is 1. The second-order valence-corrected chi connectivity index (χ2v) is 7.94. The zero-order chi connectivity index (χ0) is 20.4. The molecule has 3 atom stereocenters. The van der Waals surface area contributed by atoms with Gasteiger partial charge in [0.2, 0.25) is 11.9 Å². The monoisotopic (exact) mass is 398 g/mol. The Bertz CT molecular complexity index is 876. The van der Waals surface area contributed by atoms with Gasteiger partial charge in [-0.15, -0.1) is 0 Å². The Labute approximate surface area is 170 Å². The van der Waals surface area contributed by atoms with E-state index >= 15 is 0 Å². The van der Waals surface area contributed by atoms with Gasteiger partial charge in [-0.05, 0) is 36.6 Å². The first-order valence-electron chi connectivity index (χ1n) is 10.1. The number of nitrogens with zero attached hydrogens (tertiary/aromatic N) is 4. The largest absolute Gasteiger partial charge is 0.347 e. The summed E-state index contributed by atoms with van der Waals surface area (Å²) in [6.07, 6.45) is 3.92. The van der Waals surface area contributed by atoms with E-state index in [2.05, 4.69) is 15.8 Å². The number of amides is 1. The van der Waals surface area contributed by atoms with E-state index in [1.165, 1.54) is 12.1 Å². The van der Waals surface area contributed by atoms with Gasteiger partial charge in [0.05, 0.1) is 18.2 Å². The SMILES string of the molecule is CN(C)c1nccc(C2CNNC2C2CCCN2C(=O)Cc2cccc(F)c2)n1. The Hall–Kier alpha value is -2.58. The van der Waals surface area contributed by atoms with Gasteiger partial charge in [-0.25, -0.2) is 14.4 Å². The normalized spacial score (nSPS) is 24.1. The molecule has 29 heavy (non-hydrogen) atoms. The fourth-order valence-electron chi connectivity index (χ4n) is 4.35. The topological polar surface area (TPSA) is 73.4 Å². The molecule has 2 N–H and O–H groups in total. The van der Waals surface area contributed by atoms with Crippen molar-refractivity contribution in [2.45, 2.75) is 37.3 Å². The predicted molar refractivity (Wildman–Crippen MR) is 109 cm³/mol. The lowest BCUT2D eigenvalue weighted by Gasteiger charge is -2.32. The summed E-state index contributed by atoms with van der Waals surface area (Å²) in [4.78, 5) is 25.9. The molecule has 0 spiro atoms. The third-order valence-corrected chi connectivity index (χ3v) is 5.75. The highest BCUT2D eigenvalue weighted by molar-refractivity contribution is 5.79. The van der Waals surface area contributed by atoms with Crippen molar-refractivity contribution in [3.63, 3.8) is 0 Å². The van der Waals surface area contributed by atoms with E-state index in [-0.39, 0.29) is 36.1 Å². The van der Waals surface area contributed by atoms with Crippen LogP contribution >= 0.6 is 0 Å². The minimum absolute atomic E-state index is 0.0437. The molecule has 2 saturated heterocycles. The third kappa shape index (κ3) is 4.23. The number of halogens is 1. The first kappa shape index (κ1) is 19.7. The zero-order valence-corrected chi connectivity index (χ0v) is 16.8. The van der Waals surface area contributed by atoms with Crippen LogP contribution in [0.2, 0.25) is 0 Å². The fraction of sp³-hybridized carbons (Fsp3) is 0.476. The van der Waals surface area contributed by atoms with Gasteiger partial charge in [-0.3, -0.25) is 15.6 Å². The minimum Gasteiger partial charge on any atom is -0.347 e. The molecule has 2 aromatic rings. The molecule has 1 aromatic heterocycles. The van der Waals surface area contributed by atoms with Crippen LogP contribution in [0.5, 0.6) is 0 Å². The van der Waals surface area contributed by atoms with E-state index in [4.69, 9.17) is 4.98 Å². The van der Waals surface area contributed by atoms with Crippen molar-refractivity contribution in [1.29, 1.82) is 0 Å². The van der Waals surface area contributed by atoms with Crippen LogP contribution in [-0.4, -0.2) is 60.0 Å². The smallest absolute Gasteiger partial charge is 0.227 e. The maximum absolute atomic E-state index is 13.5. The van der Waals surface area contributed by atoms with Crippen molar-refractivity contribution in [3.8, 4) is 0 Å². The van der Waals surface area contributed by atoms with E-state index in [0.29, 0.717) is 11.5 Å². The molecule has 0 radical (unpaired) electrons. The summed E-state index contributed by atoms with van der Waals surface area (Å²) in [5.41, 5.74) is 8.30. The molecule has 0 bridgehead atoms. The summed E-state index contributed by atoms with van der Waals surface area (Å²) < 4.78 is 13.5. The Morgan fingerprint density at radius 3 is 3.00 bits per heavy atom. The van der Waals surface area contributed by atoms with Gasteiger partial charge in [0.15, 0.2) is 0 Å². The van der Waals surface area contributed by atoms with Gasteiger partial charge >= 0.3 is 0 Å². The molecule has 4 rings (SSSR count). The van der Waals surface area contributed by atoms with Crippen LogP contribution < -0.4 is 15.8 Å². The van der Waals surface area contributed by atoms with Crippen LogP contribution in [0.3, 0.4) is 0 Å². The van der Waals surface area contributed by atoms with E-state index in [1.807, 2.05) is 30.0 Å². The van der Waals surface area contributed by atoms with Gasteiger partial charge in [0.25, 0.3) is 0 Å². The summed E-state index contributed by atoms with van der Waals surface area (Å²) in [6.45, 7) is 1.48. The number of anilines is 1. The van der Waals surface area contributed by atoms with E-state index in [0.717, 1.165) is 31.6 Å². The van der Waals surface area contributed by atoms with Gasteiger partial charge in [-0.1, -0.05) is 12.1 Å². The second kappa shape index (κ2) is 8.42. The Balaban J connectivity index is 1.51. The molecule has 8 heteroatoms. The molecule has 154 valence electrons. The number of benzene rings is 1.